The van der Waals surface area contributed by atoms with E-state index >= 15 is 0 Å². The van der Waals surface area contributed by atoms with Gasteiger partial charge in [0.05, 0.1) is 17.5 Å². The summed E-state index contributed by atoms with van der Waals surface area (Å²) in [6.45, 7) is 1.53. The van der Waals surface area contributed by atoms with Gasteiger partial charge >= 0.3 is 0 Å². The minimum absolute atomic E-state index is 0.0290. The van der Waals surface area contributed by atoms with Gasteiger partial charge in [0.15, 0.2) is 0 Å². The van der Waals surface area contributed by atoms with Crippen molar-refractivity contribution in [2.45, 2.75) is 25.7 Å². The van der Waals surface area contributed by atoms with Gasteiger partial charge in [0, 0.05) is 31.9 Å². The predicted molar refractivity (Wildman–Crippen MR) is 74.5 cm³/mol. The van der Waals surface area contributed by atoms with Gasteiger partial charge in [-0.05, 0) is 25.0 Å². The monoisotopic (exact) mass is 309 g/mol. The van der Waals surface area contributed by atoms with E-state index in [9.17, 15) is 18.4 Å². The average molecular weight is 309 g/mol. The van der Waals surface area contributed by atoms with Gasteiger partial charge in [0.25, 0.3) is 11.8 Å². The molecule has 1 atom stereocenters. The summed E-state index contributed by atoms with van der Waals surface area (Å²) in [5.41, 5.74) is -0.122. The van der Waals surface area contributed by atoms with Crippen molar-refractivity contribution >= 4 is 11.8 Å². The molecule has 0 radical (unpaired) electrons. The Hall–Kier alpha value is -2.05. The van der Waals surface area contributed by atoms with Gasteiger partial charge < -0.3 is 10.2 Å². The van der Waals surface area contributed by atoms with E-state index in [-0.39, 0.29) is 18.0 Å². The third-order valence-corrected chi connectivity index (χ3v) is 4.29. The number of alkyl halides is 2. The second-order valence-electron chi connectivity index (χ2n) is 6.23. The summed E-state index contributed by atoms with van der Waals surface area (Å²) in [6, 6.07) is 1.61. The summed E-state index contributed by atoms with van der Waals surface area (Å²) in [4.78, 5) is 29.5. The van der Waals surface area contributed by atoms with Crippen LogP contribution >= 0.6 is 0 Å². The number of hydrogen-bond donors (Lipinski definition) is 1. The highest BCUT2D eigenvalue weighted by Crippen LogP contribution is 2.43. The zero-order chi connectivity index (χ0) is 16.0. The fourth-order valence-corrected chi connectivity index (χ4v) is 3.34. The first-order valence-corrected chi connectivity index (χ1v) is 7.18. The smallest absolute Gasteiger partial charge is 0.266 e. The van der Waals surface area contributed by atoms with E-state index in [0.29, 0.717) is 13.0 Å². The number of aryl methyl sites for hydroxylation is 1. The van der Waals surface area contributed by atoms with Gasteiger partial charge in [0.1, 0.15) is 0 Å². The summed E-state index contributed by atoms with van der Waals surface area (Å²) in [5.74, 6) is -3.95. The van der Waals surface area contributed by atoms with Crippen molar-refractivity contribution in [3.8, 4) is 0 Å². The van der Waals surface area contributed by atoms with Gasteiger partial charge in [0.2, 0.25) is 5.91 Å². The van der Waals surface area contributed by atoms with Crippen molar-refractivity contribution in [3.63, 3.8) is 0 Å². The molecule has 2 aliphatic heterocycles. The maximum atomic E-state index is 14.1. The van der Waals surface area contributed by atoms with Crippen molar-refractivity contribution in [2.24, 2.45) is 5.41 Å². The predicted octanol–water partition coefficient (Wildman–Crippen LogP) is 1.38. The normalized spacial score (nSPS) is 27.0. The van der Waals surface area contributed by atoms with Gasteiger partial charge in [-0.15, -0.1) is 0 Å². The quantitative estimate of drug-likeness (QED) is 0.852. The van der Waals surface area contributed by atoms with E-state index < -0.39 is 30.2 Å². The number of nitrogens with one attached hydrogen (secondary N) is 1. The molecule has 2 aliphatic rings. The lowest BCUT2D eigenvalue weighted by Crippen LogP contribution is -2.56. The van der Waals surface area contributed by atoms with E-state index in [1.807, 2.05) is 0 Å². The Morgan fingerprint density at radius 1 is 1.36 bits per heavy atom. The van der Waals surface area contributed by atoms with Crippen LogP contribution < -0.4 is 5.32 Å². The van der Waals surface area contributed by atoms with Gasteiger partial charge in [-0.3, -0.25) is 14.6 Å². The summed E-state index contributed by atoms with van der Waals surface area (Å²) >= 11 is 0. The summed E-state index contributed by atoms with van der Waals surface area (Å²) in [5, 5.41) is 2.60. The average Bonchev–Trinajstić information content (AvgIpc) is 2.76. The molecule has 0 aliphatic carbocycles. The van der Waals surface area contributed by atoms with Crippen LogP contribution in [0.4, 0.5) is 8.78 Å². The molecule has 1 aromatic rings. The highest BCUT2D eigenvalue weighted by atomic mass is 19.3. The number of pyridine rings is 1. The molecule has 0 bridgehead atoms. The molecule has 1 N–H and O–H groups in total. The van der Waals surface area contributed by atoms with Gasteiger partial charge in [-0.1, -0.05) is 0 Å². The maximum Gasteiger partial charge on any atom is 0.266 e. The van der Waals surface area contributed by atoms with E-state index in [4.69, 9.17) is 0 Å². The SMILES string of the molecule is Cc1cncc(C(=O)N2CC(F)(F)CC3(CCNC3=O)C2)c1. The van der Waals surface area contributed by atoms with Crippen LogP contribution in [0.2, 0.25) is 0 Å². The first kappa shape index (κ1) is 14.9. The maximum absolute atomic E-state index is 14.1. The number of rotatable bonds is 1. The van der Waals surface area contributed by atoms with E-state index in [0.717, 1.165) is 10.5 Å². The fourth-order valence-electron chi connectivity index (χ4n) is 3.34. The Morgan fingerprint density at radius 2 is 2.14 bits per heavy atom. The Labute approximate surface area is 126 Å². The molecule has 118 valence electrons. The van der Waals surface area contributed by atoms with Crippen LogP contribution in [-0.2, 0) is 4.79 Å². The summed E-state index contributed by atoms with van der Waals surface area (Å²) in [7, 11) is 0. The van der Waals surface area contributed by atoms with Crippen molar-refractivity contribution in [2.75, 3.05) is 19.6 Å². The Balaban J connectivity index is 1.90. The highest BCUT2D eigenvalue weighted by molar-refractivity contribution is 5.95. The van der Waals surface area contributed by atoms with Crippen LogP contribution in [0.5, 0.6) is 0 Å². The van der Waals surface area contributed by atoms with Gasteiger partial charge in [-0.2, -0.15) is 0 Å². The second-order valence-corrected chi connectivity index (χ2v) is 6.23. The Bertz CT molecular complexity index is 635. The molecule has 0 saturated carbocycles. The van der Waals surface area contributed by atoms with Crippen molar-refractivity contribution < 1.29 is 18.4 Å². The van der Waals surface area contributed by atoms with Crippen LogP contribution in [0.3, 0.4) is 0 Å². The molecule has 3 heterocycles. The number of nitrogens with zero attached hydrogens (tertiary/aromatic N) is 2. The minimum atomic E-state index is -3.06. The molecule has 2 fully saturated rings. The number of aromatic nitrogens is 1. The van der Waals surface area contributed by atoms with Crippen molar-refractivity contribution in [1.29, 1.82) is 0 Å². The highest BCUT2D eigenvalue weighted by Gasteiger charge is 2.55. The van der Waals surface area contributed by atoms with E-state index in [1.54, 1.807) is 19.2 Å². The van der Waals surface area contributed by atoms with Gasteiger partial charge in [-0.25, -0.2) is 8.78 Å². The van der Waals surface area contributed by atoms with Crippen LogP contribution in [0.15, 0.2) is 18.5 Å². The number of halogens is 2. The van der Waals surface area contributed by atoms with E-state index in [1.165, 1.54) is 6.20 Å². The molecule has 1 spiro atoms. The summed E-state index contributed by atoms with van der Waals surface area (Å²) in [6.07, 6.45) is 2.79. The van der Waals surface area contributed by atoms with Crippen molar-refractivity contribution in [1.82, 2.24) is 15.2 Å². The molecule has 2 amide bonds. The number of carbonyl (C=O) groups is 2. The van der Waals surface area contributed by atoms with E-state index in [2.05, 4.69) is 10.3 Å². The Kier molecular flexibility index (Phi) is 3.38. The number of hydrogen-bond acceptors (Lipinski definition) is 3. The number of piperidine rings is 1. The molecule has 0 aromatic carbocycles. The molecule has 22 heavy (non-hydrogen) atoms. The standard InChI is InChI=1S/C15H17F2N3O2/c1-10-4-11(6-18-5-10)12(21)20-8-14(2-3-19-13(14)22)7-15(16,17)9-20/h4-6H,2-3,7-9H2,1H3,(H,19,22). The Morgan fingerprint density at radius 3 is 2.77 bits per heavy atom. The largest absolute Gasteiger partial charge is 0.356 e. The lowest BCUT2D eigenvalue weighted by atomic mass is 9.77. The number of carbonyl (C=O) groups excluding carboxylic acids is 2. The number of likely N-dealkylation sites (tertiary alicyclic amines) is 1. The lowest BCUT2D eigenvalue weighted by Gasteiger charge is -2.42. The summed E-state index contributed by atoms with van der Waals surface area (Å²) < 4.78 is 28.2. The van der Waals surface area contributed by atoms with Crippen LogP contribution in [0.25, 0.3) is 0 Å². The molecule has 5 nitrogen and oxygen atoms in total. The fraction of sp³-hybridized carbons (Fsp3) is 0.533. The molecule has 1 unspecified atom stereocenters. The molecule has 1 aromatic heterocycles. The third kappa shape index (κ3) is 2.55. The van der Waals surface area contributed by atoms with Crippen LogP contribution in [-0.4, -0.2) is 47.3 Å². The molecule has 3 rings (SSSR count). The first-order valence-electron chi connectivity index (χ1n) is 7.18. The minimum Gasteiger partial charge on any atom is -0.356 e. The number of amides is 2. The van der Waals surface area contributed by atoms with Crippen LogP contribution in [0, 0.1) is 12.3 Å². The third-order valence-electron chi connectivity index (χ3n) is 4.29. The zero-order valence-corrected chi connectivity index (χ0v) is 12.2. The lowest BCUT2D eigenvalue weighted by molar-refractivity contribution is -0.144. The molecular formula is C15H17F2N3O2. The second kappa shape index (κ2) is 5.00. The molecule has 2 saturated heterocycles. The topological polar surface area (TPSA) is 62.3 Å². The first-order chi connectivity index (χ1) is 10.3. The molecule has 7 heteroatoms. The molecular weight excluding hydrogens is 292 g/mol. The van der Waals surface area contributed by atoms with Crippen molar-refractivity contribution in [3.05, 3.63) is 29.6 Å². The zero-order valence-electron chi connectivity index (χ0n) is 12.2. The van der Waals surface area contributed by atoms with Crippen LogP contribution in [0.1, 0.15) is 28.8 Å².